The molecule has 1 fully saturated rings. The predicted octanol–water partition coefficient (Wildman–Crippen LogP) is -0.218. The van der Waals surface area contributed by atoms with Crippen molar-refractivity contribution in [2.45, 2.75) is 97.1 Å². The second-order valence-corrected chi connectivity index (χ2v) is 26.8. The number of carbonyl (C=O) groups excluding carboxylic acids is 1. The first kappa shape index (κ1) is 27.6. The van der Waals surface area contributed by atoms with E-state index in [1.165, 1.54) is 63.4 Å². The summed E-state index contributed by atoms with van der Waals surface area (Å²) in [7, 11) is 0. The molecular weight excluding hydrogens is 472 g/mol. The molecule has 155 valence electrons. The van der Waals surface area contributed by atoms with Gasteiger partial charge in [-0.05, 0) is 0 Å². The summed E-state index contributed by atoms with van der Waals surface area (Å²) in [6.45, 7) is 7.10. The average Bonchev–Trinajstić information content (AvgIpc) is 2.98. The Kier molecular flexibility index (Phi) is 15.8. The van der Waals surface area contributed by atoms with E-state index in [0.717, 1.165) is 19.3 Å². The van der Waals surface area contributed by atoms with E-state index in [0.29, 0.717) is 11.8 Å². The molecule has 2 aliphatic carbocycles. The zero-order chi connectivity index (χ0) is 18.1. The van der Waals surface area contributed by atoms with Crippen LogP contribution in [0.3, 0.4) is 0 Å². The first-order valence-corrected chi connectivity index (χ1v) is 20.2. The second-order valence-electron chi connectivity index (χ2n) is 8.34. The van der Waals surface area contributed by atoms with E-state index < -0.39 is 27.1 Å². The van der Waals surface area contributed by atoms with E-state index in [2.05, 4.69) is 35.4 Å². The molecule has 0 aliphatic heterocycles. The number of halogens is 2. The van der Waals surface area contributed by atoms with Gasteiger partial charge in [0.25, 0.3) is 0 Å². The number of hydrogen-bond donors (Lipinski definition) is 1. The maximum absolute atomic E-state index is 13.1. The Morgan fingerprint density at radius 2 is 1.44 bits per heavy atom. The molecule has 6 heteroatoms. The molecule has 0 saturated heterocycles. The quantitative estimate of drug-likeness (QED) is 0.521. The summed E-state index contributed by atoms with van der Waals surface area (Å²) >= 11 is -1.90. The fourth-order valence-corrected chi connectivity index (χ4v) is 18.0. The average molecular weight is 511 g/mol. The molecule has 0 bridgehead atoms. The second kappa shape index (κ2) is 15.5. The number of carbonyl (C=O) groups is 1. The molecule has 0 radical (unpaired) electrons. The molecule has 1 N–H and O–H groups in total. The summed E-state index contributed by atoms with van der Waals surface area (Å²) in [6, 6.07) is 0. The monoisotopic (exact) mass is 508 g/mol. The van der Waals surface area contributed by atoms with E-state index in [-0.39, 0.29) is 24.8 Å². The van der Waals surface area contributed by atoms with Gasteiger partial charge in [-0.25, -0.2) is 0 Å². The minimum atomic E-state index is -1.90. The molecule has 2 nitrogen and oxygen atoms in total. The van der Waals surface area contributed by atoms with Crippen molar-refractivity contribution in [3.63, 3.8) is 0 Å². The van der Waals surface area contributed by atoms with Crippen LogP contribution in [0.4, 0.5) is 0 Å². The molecule has 1 amide bonds. The number of rotatable bonds is 4. The Hall–Kier alpha value is 0.630. The fourth-order valence-electron chi connectivity index (χ4n) is 4.11. The van der Waals surface area contributed by atoms with Crippen molar-refractivity contribution in [2.75, 3.05) is 0 Å². The minimum Gasteiger partial charge on any atom is -1.00 e. The van der Waals surface area contributed by atoms with Gasteiger partial charge in [0.1, 0.15) is 0 Å². The van der Waals surface area contributed by atoms with Crippen LogP contribution in [0.25, 0.3) is 0 Å². The van der Waals surface area contributed by atoms with Gasteiger partial charge in [0.2, 0.25) is 0 Å². The maximum atomic E-state index is 13.1. The molecular formula is C21H38Cl2NOSiZr. The third-order valence-corrected chi connectivity index (χ3v) is 22.2. The predicted molar refractivity (Wildman–Crippen MR) is 108 cm³/mol. The van der Waals surface area contributed by atoms with Crippen LogP contribution in [0, 0.1) is 5.92 Å². The fraction of sp³-hybridized carbons (Fsp3) is 0.762. The van der Waals surface area contributed by atoms with Gasteiger partial charge >= 0.3 is 165 Å². The zero-order valence-electron chi connectivity index (χ0n) is 17.5. The molecule has 0 aromatic heterocycles. The molecule has 1 saturated carbocycles. The van der Waals surface area contributed by atoms with Crippen molar-refractivity contribution in [2.24, 2.45) is 5.92 Å². The van der Waals surface area contributed by atoms with Crippen molar-refractivity contribution in [1.82, 2.24) is 3.26 Å². The van der Waals surface area contributed by atoms with Gasteiger partial charge in [0, 0.05) is 0 Å². The van der Waals surface area contributed by atoms with Gasteiger partial charge in [-0.1, -0.05) is 0 Å². The van der Waals surface area contributed by atoms with Gasteiger partial charge in [-0.2, -0.15) is 0 Å². The van der Waals surface area contributed by atoms with Crippen LogP contribution in [0.15, 0.2) is 21.0 Å². The van der Waals surface area contributed by atoms with Crippen molar-refractivity contribution in [1.29, 1.82) is 0 Å². The first-order valence-electron chi connectivity index (χ1n) is 10.6. The Morgan fingerprint density at radius 3 is 1.85 bits per heavy atom. The van der Waals surface area contributed by atoms with Crippen LogP contribution in [-0.4, -0.2) is 11.8 Å². The van der Waals surface area contributed by atoms with E-state index in [9.17, 15) is 4.79 Å². The third-order valence-electron chi connectivity index (χ3n) is 5.70. The van der Waals surface area contributed by atoms with Crippen LogP contribution >= 0.6 is 0 Å². The summed E-state index contributed by atoms with van der Waals surface area (Å²) in [5, 5.41) is 0. The molecule has 0 heterocycles. The van der Waals surface area contributed by atoms with Crippen LogP contribution in [-0.2, 0) is 26.0 Å². The molecule has 27 heavy (non-hydrogen) atoms. The summed E-state index contributed by atoms with van der Waals surface area (Å²) in [5.41, 5.74) is 1.41. The molecule has 0 aromatic carbocycles. The van der Waals surface area contributed by atoms with E-state index in [1.54, 1.807) is 3.28 Å². The molecule has 0 atom stereocenters. The van der Waals surface area contributed by atoms with Crippen molar-refractivity contribution >= 4 is 11.8 Å². The van der Waals surface area contributed by atoms with Gasteiger partial charge in [0.15, 0.2) is 0 Å². The number of nitrogens with one attached hydrogen (secondary N) is 1. The van der Waals surface area contributed by atoms with Gasteiger partial charge < -0.3 is 24.8 Å². The molecule has 0 unspecified atom stereocenters. The summed E-state index contributed by atoms with van der Waals surface area (Å²) in [4.78, 5) is 13.1. The maximum Gasteiger partial charge on any atom is -1.00 e. The largest absolute Gasteiger partial charge is 1.00 e. The van der Waals surface area contributed by atoms with Gasteiger partial charge in [0.05, 0.1) is 0 Å². The third kappa shape index (κ3) is 10.3. The van der Waals surface area contributed by atoms with E-state index >= 15 is 0 Å². The molecule has 2 aliphatic rings. The van der Waals surface area contributed by atoms with E-state index in [4.69, 9.17) is 0 Å². The normalized spacial score (nSPS) is 19.6. The van der Waals surface area contributed by atoms with E-state index in [1.807, 2.05) is 0 Å². The van der Waals surface area contributed by atoms with Crippen LogP contribution in [0.1, 0.15) is 84.0 Å². The van der Waals surface area contributed by atoms with Crippen molar-refractivity contribution in [3.05, 3.63) is 21.0 Å². The first-order chi connectivity index (χ1) is 12.1. The summed E-state index contributed by atoms with van der Waals surface area (Å²) in [6.07, 6.45) is 20.2. The topological polar surface area (TPSA) is 29.1 Å². The smallest absolute Gasteiger partial charge is 1.00 e. The SMILES string of the molecule is CC1=CC[C]([Zr+2]([NH]C(=O)C2CCCCCCCCCCC2)[SiH](C)C)=C1.[Cl-].[Cl-]. The zero-order valence-corrected chi connectivity index (χ0v) is 22.6. The van der Waals surface area contributed by atoms with Crippen LogP contribution in [0.2, 0.25) is 13.1 Å². The summed E-state index contributed by atoms with van der Waals surface area (Å²) < 4.78 is 5.32. The minimum absolute atomic E-state index is 0. The van der Waals surface area contributed by atoms with Crippen molar-refractivity contribution < 1.29 is 50.8 Å². The van der Waals surface area contributed by atoms with Gasteiger partial charge in [-0.15, -0.1) is 0 Å². The Balaban J connectivity index is 0.00000338. The Morgan fingerprint density at radius 1 is 0.963 bits per heavy atom. The summed E-state index contributed by atoms with van der Waals surface area (Å²) in [5.74, 6) is -0.0433. The standard InChI is InChI=1S/C13H25NO.C6H7.C2H7Si.2ClH.Zr/c14-13(15)12-10-8-6-4-2-1-3-5-7-9-11-12;1-6-4-2-3-5-6;1-3-2;;;/h12H,1-11H2,(H2,14,15);4-5H,2H2,1H3;3H,1-2H3;2*1H;/q;;;;;+3/p-3. The van der Waals surface area contributed by atoms with Gasteiger partial charge in [-0.3, -0.25) is 0 Å². The molecule has 0 aromatic rings. The number of hydrogen-bond acceptors (Lipinski definition) is 1. The van der Waals surface area contributed by atoms with Crippen molar-refractivity contribution in [3.8, 4) is 0 Å². The molecule has 2 rings (SSSR count). The van der Waals surface area contributed by atoms with Crippen LogP contribution < -0.4 is 28.1 Å². The van der Waals surface area contributed by atoms with Crippen LogP contribution in [0.5, 0.6) is 0 Å². The Bertz CT molecular complexity index is 485. The number of allylic oxidation sites excluding steroid dienone is 4. The molecule has 0 spiro atoms. The number of amides is 1. The Labute approximate surface area is 188 Å².